The minimum Gasteiger partial charge on any atom is -0.467 e. The van der Waals surface area contributed by atoms with Gasteiger partial charge in [0.1, 0.15) is 12.3 Å². The highest BCUT2D eigenvalue weighted by Crippen LogP contribution is 2.25. The maximum atomic E-state index is 13.4. The number of anilines is 1. The van der Waals surface area contributed by atoms with E-state index in [4.69, 9.17) is 27.6 Å². The summed E-state index contributed by atoms with van der Waals surface area (Å²) in [5.41, 5.74) is 1.57. The van der Waals surface area contributed by atoms with Gasteiger partial charge in [-0.05, 0) is 48.2 Å². The second-order valence-electron chi connectivity index (χ2n) is 8.46. The molecule has 34 heavy (non-hydrogen) atoms. The molecule has 3 amide bonds. The molecule has 0 bridgehead atoms. The molecule has 0 radical (unpaired) electrons. The lowest BCUT2D eigenvalue weighted by atomic mass is 10.1. The first kappa shape index (κ1) is 25.7. The first-order chi connectivity index (χ1) is 16.3. The molecule has 3 aromatic rings. The highest BCUT2D eigenvalue weighted by Gasteiger charge is 2.23. The Kier molecular flexibility index (Phi) is 9.42. The molecule has 0 aliphatic rings. The summed E-state index contributed by atoms with van der Waals surface area (Å²) in [4.78, 5) is 29.7. The summed E-state index contributed by atoms with van der Waals surface area (Å²) in [5.74, 6) is 0.696. The van der Waals surface area contributed by atoms with Gasteiger partial charge in [-0.3, -0.25) is 4.79 Å². The number of hydrogen-bond acceptors (Lipinski definition) is 3. The molecule has 3 rings (SSSR count). The summed E-state index contributed by atoms with van der Waals surface area (Å²) in [6.45, 7) is 5.18. The number of carbonyl (C=O) groups is 2. The van der Waals surface area contributed by atoms with Gasteiger partial charge in [-0.2, -0.15) is 0 Å². The molecule has 2 aromatic carbocycles. The Morgan fingerprint density at radius 1 is 1.00 bits per heavy atom. The van der Waals surface area contributed by atoms with Crippen LogP contribution in [0.5, 0.6) is 0 Å². The third kappa shape index (κ3) is 7.82. The maximum Gasteiger partial charge on any atom is 0.322 e. The summed E-state index contributed by atoms with van der Waals surface area (Å²) in [6.07, 6.45) is 2.29. The Morgan fingerprint density at radius 3 is 2.41 bits per heavy atom. The van der Waals surface area contributed by atoms with Crippen molar-refractivity contribution >= 4 is 40.8 Å². The Bertz CT molecular complexity index is 1070. The number of nitrogens with one attached hydrogen (secondary N) is 1. The van der Waals surface area contributed by atoms with Crippen molar-refractivity contribution in [3.63, 3.8) is 0 Å². The van der Waals surface area contributed by atoms with Crippen LogP contribution < -0.4 is 5.32 Å². The lowest BCUT2D eigenvalue weighted by molar-refractivity contribution is -0.132. The fraction of sp³-hybridized carbons (Fsp3) is 0.308. The number of benzene rings is 2. The predicted molar refractivity (Wildman–Crippen MR) is 136 cm³/mol. The molecule has 8 heteroatoms. The quantitative estimate of drug-likeness (QED) is 0.352. The van der Waals surface area contributed by atoms with E-state index in [-0.39, 0.29) is 18.4 Å². The summed E-state index contributed by atoms with van der Waals surface area (Å²) in [6, 6.07) is 18.1. The van der Waals surface area contributed by atoms with Gasteiger partial charge in [0, 0.05) is 18.1 Å². The monoisotopic (exact) mass is 501 g/mol. The molecule has 0 spiro atoms. The number of rotatable bonds is 10. The van der Waals surface area contributed by atoms with E-state index in [1.165, 1.54) is 4.90 Å². The smallest absolute Gasteiger partial charge is 0.322 e. The second-order valence-corrected chi connectivity index (χ2v) is 9.30. The summed E-state index contributed by atoms with van der Waals surface area (Å²) in [5, 5.41) is 3.61. The van der Waals surface area contributed by atoms with E-state index in [0.717, 1.165) is 5.56 Å². The first-order valence-corrected chi connectivity index (χ1v) is 11.9. The van der Waals surface area contributed by atoms with Crippen molar-refractivity contribution in [3.05, 3.63) is 88.3 Å². The van der Waals surface area contributed by atoms with E-state index >= 15 is 0 Å². The molecule has 1 heterocycles. The van der Waals surface area contributed by atoms with Crippen LogP contribution in [0.1, 0.15) is 25.2 Å². The summed E-state index contributed by atoms with van der Waals surface area (Å²) in [7, 11) is 0. The van der Waals surface area contributed by atoms with Gasteiger partial charge in [0.05, 0.1) is 23.5 Å². The Morgan fingerprint density at radius 2 is 1.76 bits per heavy atom. The van der Waals surface area contributed by atoms with E-state index in [1.807, 2.05) is 50.2 Å². The molecule has 1 aromatic heterocycles. The van der Waals surface area contributed by atoms with Crippen LogP contribution in [-0.4, -0.2) is 41.4 Å². The maximum absolute atomic E-state index is 13.4. The molecule has 0 saturated carbocycles. The van der Waals surface area contributed by atoms with Crippen LogP contribution in [0.25, 0.3) is 0 Å². The molecule has 0 saturated heterocycles. The van der Waals surface area contributed by atoms with Crippen LogP contribution in [0.15, 0.2) is 71.3 Å². The van der Waals surface area contributed by atoms with Crippen LogP contribution >= 0.6 is 23.2 Å². The van der Waals surface area contributed by atoms with Crippen molar-refractivity contribution in [1.29, 1.82) is 0 Å². The number of urea groups is 1. The number of hydrogen-bond donors (Lipinski definition) is 1. The topological polar surface area (TPSA) is 65.8 Å². The highest BCUT2D eigenvalue weighted by molar-refractivity contribution is 6.36. The van der Waals surface area contributed by atoms with Crippen molar-refractivity contribution in [2.45, 2.75) is 26.8 Å². The minimum absolute atomic E-state index is 0.0648. The third-order valence-electron chi connectivity index (χ3n) is 5.16. The fourth-order valence-electron chi connectivity index (χ4n) is 3.50. The third-order valence-corrected chi connectivity index (χ3v) is 5.71. The molecule has 180 valence electrons. The van der Waals surface area contributed by atoms with Gasteiger partial charge in [0.2, 0.25) is 5.91 Å². The van der Waals surface area contributed by atoms with Crippen LogP contribution in [0.3, 0.4) is 0 Å². The van der Waals surface area contributed by atoms with Crippen LogP contribution in [-0.2, 0) is 17.8 Å². The van der Waals surface area contributed by atoms with E-state index < -0.39 is 6.03 Å². The van der Waals surface area contributed by atoms with Crippen LogP contribution in [0.2, 0.25) is 10.0 Å². The lowest BCUT2D eigenvalue weighted by Gasteiger charge is -2.28. The zero-order valence-electron chi connectivity index (χ0n) is 19.3. The Balaban J connectivity index is 1.72. The molecule has 6 nitrogen and oxygen atoms in total. The number of carbonyl (C=O) groups excluding carboxylic acids is 2. The van der Waals surface area contributed by atoms with Crippen molar-refractivity contribution in [2.75, 3.05) is 25.0 Å². The molecule has 0 aliphatic heterocycles. The first-order valence-electron chi connectivity index (χ1n) is 11.2. The van der Waals surface area contributed by atoms with Gasteiger partial charge in [0.25, 0.3) is 0 Å². The summed E-state index contributed by atoms with van der Waals surface area (Å²) >= 11 is 12.2. The van der Waals surface area contributed by atoms with Gasteiger partial charge in [-0.25, -0.2) is 4.79 Å². The van der Waals surface area contributed by atoms with Gasteiger partial charge >= 0.3 is 6.03 Å². The van der Waals surface area contributed by atoms with E-state index in [0.29, 0.717) is 47.5 Å². The van der Waals surface area contributed by atoms with Gasteiger partial charge in [-0.15, -0.1) is 0 Å². The normalized spacial score (nSPS) is 10.9. The standard InChI is InChI=1S/C26H29Cl2N3O3/c1-19(2)16-31(26(33)29-24-11-10-21(27)15-23(24)28)18-25(32)30(17-22-9-6-14-34-22)13-12-20-7-4-3-5-8-20/h3-11,14-15,19H,12-13,16-18H2,1-2H3,(H,29,33). The molecular formula is C26H29Cl2N3O3. The highest BCUT2D eigenvalue weighted by atomic mass is 35.5. The molecule has 0 aliphatic carbocycles. The average Bonchev–Trinajstić information content (AvgIpc) is 3.31. The van der Waals surface area contributed by atoms with Gasteiger partial charge < -0.3 is 19.5 Å². The Hall–Kier alpha value is -2.96. The van der Waals surface area contributed by atoms with Crippen LogP contribution in [0, 0.1) is 5.92 Å². The number of halogens is 2. The number of furan rings is 1. The largest absolute Gasteiger partial charge is 0.467 e. The zero-order chi connectivity index (χ0) is 24.5. The van der Waals surface area contributed by atoms with Crippen molar-refractivity contribution in [3.8, 4) is 0 Å². The van der Waals surface area contributed by atoms with E-state index in [9.17, 15) is 9.59 Å². The lowest BCUT2D eigenvalue weighted by Crippen LogP contribution is -2.46. The van der Waals surface area contributed by atoms with E-state index in [1.54, 1.807) is 35.4 Å². The fourth-order valence-corrected chi connectivity index (χ4v) is 3.96. The molecular weight excluding hydrogens is 473 g/mol. The predicted octanol–water partition coefficient (Wildman–Crippen LogP) is 6.35. The molecule has 0 atom stereocenters. The average molecular weight is 502 g/mol. The van der Waals surface area contributed by atoms with E-state index in [2.05, 4.69) is 5.32 Å². The van der Waals surface area contributed by atoms with Crippen molar-refractivity contribution < 1.29 is 14.0 Å². The Labute approximate surface area is 210 Å². The van der Waals surface area contributed by atoms with Crippen LogP contribution in [0.4, 0.5) is 10.5 Å². The number of amides is 3. The number of nitrogens with zero attached hydrogens (tertiary/aromatic N) is 2. The second kappa shape index (κ2) is 12.5. The van der Waals surface area contributed by atoms with Crippen molar-refractivity contribution in [2.24, 2.45) is 5.92 Å². The molecule has 1 N–H and O–H groups in total. The SMILES string of the molecule is CC(C)CN(CC(=O)N(CCc1ccccc1)Cc1ccco1)C(=O)Nc1ccc(Cl)cc1Cl. The summed E-state index contributed by atoms with van der Waals surface area (Å²) < 4.78 is 5.47. The van der Waals surface area contributed by atoms with Gasteiger partial charge in [-0.1, -0.05) is 67.4 Å². The van der Waals surface area contributed by atoms with Gasteiger partial charge in [0.15, 0.2) is 0 Å². The molecule has 0 fully saturated rings. The van der Waals surface area contributed by atoms with Crippen molar-refractivity contribution in [1.82, 2.24) is 9.80 Å². The zero-order valence-corrected chi connectivity index (χ0v) is 20.9. The molecule has 0 unspecified atom stereocenters. The minimum atomic E-state index is -0.396.